The van der Waals surface area contributed by atoms with E-state index in [0.29, 0.717) is 5.41 Å². The molecular weight excluding hydrogens is 300 g/mol. The van der Waals surface area contributed by atoms with Crippen molar-refractivity contribution in [3.05, 3.63) is 30.4 Å². The zero-order valence-electron chi connectivity index (χ0n) is 14.6. The van der Waals surface area contributed by atoms with Gasteiger partial charge in [-0.25, -0.2) is 9.97 Å². The fraction of sp³-hybridized carbons (Fsp3) is 0.611. The van der Waals surface area contributed by atoms with E-state index >= 15 is 0 Å². The standard InChI is InChI=1S/C18H26N6/c1-22-6-3-4-18(13-22)5-7-24(14-18)11-15-8-19-17(20-9-15)16-10-21-23(2)12-16/h8-10,12H,3-7,11,13-14H2,1-2H3. The Morgan fingerprint density at radius 1 is 1.04 bits per heavy atom. The Bertz CT molecular complexity index is 694. The summed E-state index contributed by atoms with van der Waals surface area (Å²) in [7, 11) is 4.17. The lowest BCUT2D eigenvalue weighted by atomic mass is 9.79. The maximum absolute atomic E-state index is 4.52. The number of nitrogens with zero attached hydrogens (tertiary/aromatic N) is 6. The third kappa shape index (κ3) is 3.21. The molecule has 4 heterocycles. The number of aryl methyl sites for hydroxylation is 1. The SMILES string of the molecule is CN1CCCC2(CCN(Cc3cnc(-c4cnn(C)c4)nc3)C2)C1. The molecule has 0 aliphatic carbocycles. The van der Waals surface area contributed by atoms with Crippen LogP contribution in [-0.4, -0.2) is 62.8 Å². The van der Waals surface area contributed by atoms with E-state index in [0.717, 1.165) is 17.9 Å². The van der Waals surface area contributed by atoms with Crippen LogP contribution in [0.1, 0.15) is 24.8 Å². The highest BCUT2D eigenvalue weighted by Gasteiger charge is 2.40. The zero-order chi connectivity index (χ0) is 16.6. The van der Waals surface area contributed by atoms with Gasteiger partial charge in [0.2, 0.25) is 0 Å². The molecule has 4 rings (SSSR count). The monoisotopic (exact) mass is 326 g/mol. The molecule has 2 aliphatic heterocycles. The summed E-state index contributed by atoms with van der Waals surface area (Å²) in [6.45, 7) is 5.87. The first-order valence-electron chi connectivity index (χ1n) is 8.83. The highest BCUT2D eigenvalue weighted by Crippen LogP contribution is 2.38. The Labute approximate surface area is 143 Å². The minimum Gasteiger partial charge on any atom is -0.306 e. The van der Waals surface area contributed by atoms with Crippen LogP contribution in [0.25, 0.3) is 11.4 Å². The molecule has 1 spiro atoms. The van der Waals surface area contributed by atoms with Gasteiger partial charge in [-0.05, 0) is 44.8 Å². The third-order valence-electron chi connectivity index (χ3n) is 5.44. The number of hydrogen-bond donors (Lipinski definition) is 0. The Hall–Kier alpha value is -1.79. The van der Waals surface area contributed by atoms with Gasteiger partial charge in [0.1, 0.15) is 0 Å². The van der Waals surface area contributed by atoms with Gasteiger partial charge in [-0.15, -0.1) is 0 Å². The summed E-state index contributed by atoms with van der Waals surface area (Å²) in [5.74, 6) is 0.749. The Morgan fingerprint density at radius 2 is 1.88 bits per heavy atom. The van der Waals surface area contributed by atoms with Crippen molar-refractivity contribution < 1.29 is 0 Å². The lowest BCUT2D eigenvalue weighted by Crippen LogP contribution is -2.42. The molecule has 24 heavy (non-hydrogen) atoms. The van der Waals surface area contributed by atoms with Crippen molar-refractivity contribution in [3.63, 3.8) is 0 Å². The van der Waals surface area contributed by atoms with Gasteiger partial charge in [-0.2, -0.15) is 5.10 Å². The second kappa shape index (κ2) is 6.26. The van der Waals surface area contributed by atoms with E-state index in [-0.39, 0.29) is 0 Å². The second-order valence-electron chi connectivity index (χ2n) is 7.62. The van der Waals surface area contributed by atoms with Crippen LogP contribution in [-0.2, 0) is 13.6 Å². The predicted molar refractivity (Wildman–Crippen MR) is 93.3 cm³/mol. The van der Waals surface area contributed by atoms with E-state index in [1.165, 1.54) is 51.0 Å². The van der Waals surface area contributed by atoms with Gasteiger partial charge < -0.3 is 4.90 Å². The van der Waals surface area contributed by atoms with Gasteiger partial charge in [0, 0.05) is 50.8 Å². The number of piperidine rings is 1. The summed E-state index contributed by atoms with van der Waals surface area (Å²) < 4.78 is 1.78. The maximum Gasteiger partial charge on any atom is 0.162 e. The molecule has 1 unspecified atom stereocenters. The molecule has 0 aromatic carbocycles. The highest BCUT2D eigenvalue weighted by atomic mass is 15.2. The molecule has 6 heteroatoms. The lowest BCUT2D eigenvalue weighted by molar-refractivity contribution is 0.112. The molecule has 2 aromatic rings. The van der Waals surface area contributed by atoms with Crippen LogP contribution >= 0.6 is 0 Å². The van der Waals surface area contributed by atoms with Crippen molar-refractivity contribution in [2.45, 2.75) is 25.8 Å². The van der Waals surface area contributed by atoms with Crippen LogP contribution in [0.2, 0.25) is 0 Å². The van der Waals surface area contributed by atoms with Crippen LogP contribution in [0.5, 0.6) is 0 Å². The summed E-state index contributed by atoms with van der Waals surface area (Å²) in [6.07, 6.45) is 11.7. The summed E-state index contributed by atoms with van der Waals surface area (Å²) in [6, 6.07) is 0. The van der Waals surface area contributed by atoms with Gasteiger partial charge in [-0.3, -0.25) is 9.58 Å². The van der Waals surface area contributed by atoms with Crippen LogP contribution in [0.15, 0.2) is 24.8 Å². The molecule has 2 saturated heterocycles. The molecule has 2 aliphatic rings. The average Bonchev–Trinajstić information content (AvgIpc) is 3.15. The number of hydrogen-bond acceptors (Lipinski definition) is 5. The van der Waals surface area contributed by atoms with Crippen molar-refractivity contribution in [3.8, 4) is 11.4 Å². The number of likely N-dealkylation sites (tertiary alicyclic amines) is 2. The van der Waals surface area contributed by atoms with Gasteiger partial charge in [0.15, 0.2) is 5.82 Å². The summed E-state index contributed by atoms with van der Waals surface area (Å²) in [5, 5.41) is 4.18. The first-order chi connectivity index (χ1) is 11.6. The third-order valence-corrected chi connectivity index (χ3v) is 5.44. The largest absolute Gasteiger partial charge is 0.306 e. The van der Waals surface area contributed by atoms with Crippen molar-refractivity contribution >= 4 is 0 Å². The predicted octanol–water partition coefficient (Wildman–Crippen LogP) is 1.79. The molecule has 0 amide bonds. The van der Waals surface area contributed by atoms with Crippen LogP contribution in [0.4, 0.5) is 0 Å². The van der Waals surface area contributed by atoms with Gasteiger partial charge in [0.25, 0.3) is 0 Å². The number of rotatable bonds is 3. The minimum atomic E-state index is 0.517. The second-order valence-corrected chi connectivity index (χ2v) is 7.62. The van der Waals surface area contributed by atoms with Crippen LogP contribution < -0.4 is 0 Å². The van der Waals surface area contributed by atoms with Crippen LogP contribution in [0.3, 0.4) is 0 Å². The summed E-state index contributed by atoms with van der Waals surface area (Å²) in [5.41, 5.74) is 2.68. The van der Waals surface area contributed by atoms with Gasteiger partial charge in [-0.1, -0.05) is 0 Å². The van der Waals surface area contributed by atoms with Crippen LogP contribution in [0, 0.1) is 5.41 Å². The Morgan fingerprint density at radius 3 is 2.58 bits per heavy atom. The highest BCUT2D eigenvalue weighted by molar-refractivity contribution is 5.51. The first-order valence-corrected chi connectivity index (χ1v) is 8.83. The van der Waals surface area contributed by atoms with E-state index in [4.69, 9.17) is 0 Å². The molecule has 0 N–H and O–H groups in total. The van der Waals surface area contributed by atoms with Gasteiger partial charge in [0.05, 0.1) is 11.8 Å². The van der Waals surface area contributed by atoms with E-state index in [9.17, 15) is 0 Å². The van der Waals surface area contributed by atoms with Crippen molar-refractivity contribution in [1.82, 2.24) is 29.5 Å². The lowest BCUT2D eigenvalue weighted by Gasteiger charge is -2.38. The number of aromatic nitrogens is 4. The fourth-order valence-electron chi connectivity index (χ4n) is 4.33. The van der Waals surface area contributed by atoms with Crippen molar-refractivity contribution in [1.29, 1.82) is 0 Å². The molecule has 0 radical (unpaired) electrons. The quantitative estimate of drug-likeness (QED) is 0.861. The first kappa shape index (κ1) is 15.7. The minimum absolute atomic E-state index is 0.517. The maximum atomic E-state index is 4.52. The fourth-order valence-corrected chi connectivity index (χ4v) is 4.33. The van der Waals surface area contributed by atoms with Crippen molar-refractivity contribution in [2.75, 3.05) is 33.2 Å². The molecule has 0 saturated carbocycles. The normalized spacial score (nSPS) is 25.6. The van der Waals surface area contributed by atoms with E-state index in [2.05, 4.69) is 31.9 Å². The summed E-state index contributed by atoms with van der Waals surface area (Å²) in [4.78, 5) is 14.1. The van der Waals surface area contributed by atoms with E-state index in [1.54, 1.807) is 10.9 Å². The molecule has 1 atom stereocenters. The molecule has 0 bridgehead atoms. The smallest absolute Gasteiger partial charge is 0.162 e. The van der Waals surface area contributed by atoms with Crippen molar-refractivity contribution in [2.24, 2.45) is 12.5 Å². The zero-order valence-corrected chi connectivity index (χ0v) is 14.6. The van der Waals surface area contributed by atoms with E-state index < -0.39 is 0 Å². The summed E-state index contributed by atoms with van der Waals surface area (Å²) >= 11 is 0. The van der Waals surface area contributed by atoms with E-state index in [1.807, 2.05) is 25.6 Å². The molecular formula is C18H26N6. The Kier molecular flexibility index (Phi) is 4.10. The molecule has 6 nitrogen and oxygen atoms in total. The molecule has 2 aromatic heterocycles. The van der Waals surface area contributed by atoms with Gasteiger partial charge >= 0.3 is 0 Å². The topological polar surface area (TPSA) is 50.1 Å². The molecule has 128 valence electrons. The molecule has 2 fully saturated rings. The average molecular weight is 326 g/mol. The Balaban J connectivity index is 1.39.